The topological polar surface area (TPSA) is 22.1 Å². The Hall–Kier alpha value is -0.870. The van der Waals surface area contributed by atoms with Crippen molar-refractivity contribution < 1.29 is 4.74 Å². The summed E-state index contributed by atoms with van der Waals surface area (Å²) in [5.74, 6) is 0.934. The summed E-state index contributed by atoms with van der Waals surface area (Å²) in [7, 11) is 1.70. The summed E-state index contributed by atoms with van der Waals surface area (Å²) in [6, 6.07) is 8.09. The lowest BCUT2D eigenvalue weighted by Gasteiger charge is -2.11. The lowest BCUT2D eigenvalue weighted by molar-refractivity contribution is 0.409. The van der Waals surface area contributed by atoms with Crippen molar-refractivity contribution in [1.29, 1.82) is 0 Å². The predicted octanol–water partition coefficient (Wildman–Crippen LogP) is 4.14. The van der Waals surface area contributed by atoms with E-state index in [-0.39, 0.29) is 4.83 Å². The van der Waals surface area contributed by atoms with Gasteiger partial charge in [-0.25, -0.2) is 4.98 Å². The van der Waals surface area contributed by atoms with Gasteiger partial charge in [0.15, 0.2) is 0 Å². The number of hydrogen-bond acceptors (Lipinski definition) is 3. The van der Waals surface area contributed by atoms with Crippen molar-refractivity contribution in [2.24, 2.45) is 0 Å². The fourth-order valence-electron chi connectivity index (χ4n) is 1.69. The Kier molecular flexibility index (Phi) is 4.18. The molecule has 0 spiro atoms. The number of thiazole rings is 1. The van der Waals surface area contributed by atoms with Crippen molar-refractivity contribution in [2.45, 2.75) is 18.2 Å². The van der Waals surface area contributed by atoms with Crippen molar-refractivity contribution in [3.63, 3.8) is 0 Å². The molecule has 0 aliphatic carbocycles. The van der Waals surface area contributed by atoms with Crippen LogP contribution in [0.25, 0.3) is 0 Å². The summed E-state index contributed by atoms with van der Waals surface area (Å²) in [4.78, 5) is 4.73. The van der Waals surface area contributed by atoms with Crippen LogP contribution < -0.4 is 4.74 Å². The number of hydrogen-bond donors (Lipinski definition) is 0. The first-order valence-electron chi connectivity index (χ1n) is 5.38. The van der Waals surface area contributed by atoms with Gasteiger partial charge in [-0.2, -0.15) is 0 Å². The van der Waals surface area contributed by atoms with Crippen LogP contribution in [0.15, 0.2) is 29.6 Å². The standard InChI is InChI=1S/C13H14BrNOS/c1-9-15-12(8-17-9)11(14)7-10-5-3-4-6-13(10)16-2/h3-6,8,11H,7H2,1-2H3. The molecule has 0 aliphatic heterocycles. The molecule has 2 nitrogen and oxygen atoms in total. The third-order valence-corrected chi connectivity index (χ3v) is 4.13. The summed E-state index contributed by atoms with van der Waals surface area (Å²) < 4.78 is 5.35. The van der Waals surface area contributed by atoms with E-state index >= 15 is 0 Å². The maximum absolute atomic E-state index is 5.35. The van der Waals surface area contributed by atoms with E-state index in [1.807, 2.05) is 25.1 Å². The van der Waals surface area contributed by atoms with Gasteiger partial charge in [0.2, 0.25) is 0 Å². The number of ether oxygens (including phenoxy) is 1. The highest BCUT2D eigenvalue weighted by Gasteiger charge is 2.13. The van der Waals surface area contributed by atoms with Crippen LogP contribution in [0.4, 0.5) is 0 Å². The molecule has 0 bridgehead atoms. The molecule has 1 atom stereocenters. The molecule has 1 aromatic carbocycles. The summed E-state index contributed by atoms with van der Waals surface area (Å²) >= 11 is 5.37. The van der Waals surface area contributed by atoms with E-state index in [2.05, 4.69) is 32.4 Å². The van der Waals surface area contributed by atoms with Crippen molar-refractivity contribution in [3.05, 3.63) is 45.9 Å². The number of alkyl halides is 1. The molecule has 2 aromatic rings. The third kappa shape index (κ3) is 3.07. The van der Waals surface area contributed by atoms with E-state index < -0.39 is 0 Å². The molecule has 0 amide bonds. The van der Waals surface area contributed by atoms with E-state index in [1.54, 1.807) is 18.4 Å². The Balaban J connectivity index is 2.15. The SMILES string of the molecule is COc1ccccc1CC(Br)c1csc(C)n1. The van der Waals surface area contributed by atoms with Crippen LogP contribution in [0, 0.1) is 6.92 Å². The highest BCUT2D eigenvalue weighted by atomic mass is 79.9. The van der Waals surface area contributed by atoms with Gasteiger partial charge >= 0.3 is 0 Å². The van der Waals surface area contributed by atoms with Gasteiger partial charge < -0.3 is 4.74 Å². The largest absolute Gasteiger partial charge is 0.496 e. The first-order chi connectivity index (χ1) is 8.20. The Morgan fingerprint density at radius 2 is 2.18 bits per heavy atom. The molecular formula is C13H14BrNOS. The number of aryl methyl sites for hydroxylation is 1. The molecule has 0 saturated carbocycles. The van der Waals surface area contributed by atoms with Gasteiger partial charge in [-0.1, -0.05) is 34.1 Å². The molecular weight excluding hydrogens is 298 g/mol. The maximum Gasteiger partial charge on any atom is 0.122 e. The van der Waals surface area contributed by atoms with Gasteiger partial charge in [-0.15, -0.1) is 11.3 Å². The molecule has 0 N–H and O–H groups in total. The van der Waals surface area contributed by atoms with E-state index in [9.17, 15) is 0 Å². The van der Waals surface area contributed by atoms with E-state index in [0.717, 1.165) is 22.9 Å². The van der Waals surface area contributed by atoms with Gasteiger partial charge in [-0.05, 0) is 25.0 Å². The highest BCUT2D eigenvalue weighted by molar-refractivity contribution is 9.09. The summed E-state index contributed by atoms with van der Waals surface area (Å²) in [6.45, 7) is 2.02. The molecule has 0 saturated heterocycles. The number of para-hydroxylation sites is 1. The summed E-state index contributed by atoms with van der Waals surface area (Å²) in [6.07, 6.45) is 0.882. The molecule has 90 valence electrons. The molecule has 1 heterocycles. The molecule has 0 fully saturated rings. The second-order valence-electron chi connectivity index (χ2n) is 3.77. The molecule has 4 heteroatoms. The van der Waals surface area contributed by atoms with Crippen LogP contribution >= 0.6 is 27.3 Å². The molecule has 0 aliphatic rings. The Labute approximate surface area is 114 Å². The van der Waals surface area contributed by atoms with Crippen LogP contribution in [-0.4, -0.2) is 12.1 Å². The number of aromatic nitrogens is 1. The normalized spacial score (nSPS) is 12.4. The minimum absolute atomic E-state index is 0.240. The van der Waals surface area contributed by atoms with Gasteiger partial charge in [0.05, 0.1) is 22.6 Å². The maximum atomic E-state index is 5.35. The zero-order valence-corrected chi connectivity index (χ0v) is 12.2. The van der Waals surface area contributed by atoms with Gasteiger partial charge in [0.1, 0.15) is 5.75 Å². The molecule has 17 heavy (non-hydrogen) atoms. The number of methoxy groups -OCH3 is 1. The second kappa shape index (κ2) is 5.65. The van der Waals surface area contributed by atoms with Crippen molar-refractivity contribution in [2.75, 3.05) is 7.11 Å². The average Bonchev–Trinajstić information content (AvgIpc) is 2.77. The first-order valence-corrected chi connectivity index (χ1v) is 7.18. The van der Waals surface area contributed by atoms with Crippen molar-refractivity contribution in [3.8, 4) is 5.75 Å². The second-order valence-corrected chi connectivity index (χ2v) is 5.94. The summed E-state index contributed by atoms with van der Waals surface area (Å²) in [5, 5.41) is 3.20. The first kappa shape index (κ1) is 12.6. The fourth-order valence-corrected chi connectivity index (χ4v) is 3.12. The third-order valence-electron chi connectivity index (χ3n) is 2.55. The predicted molar refractivity (Wildman–Crippen MR) is 75.2 cm³/mol. The Morgan fingerprint density at radius 3 is 2.82 bits per heavy atom. The van der Waals surface area contributed by atoms with Gasteiger partial charge in [-0.3, -0.25) is 0 Å². The lowest BCUT2D eigenvalue weighted by Crippen LogP contribution is -1.98. The molecule has 1 unspecified atom stereocenters. The minimum atomic E-state index is 0.240. The van der Waals surface area contributed by atoms with Gasteiger partial charge in [0, 0.05) is 5.38 Å². The van der Waals surface area contributed by atoms with E-state index in [0.29, 0.717) is 0 Å². The van der Waals surface area contributed by atoms with Crippen LogP contribution in [0.2, 0.25) is 0 Å². The summed E-state index contributed by atoms with van der Waals surface area (Å²) in [5.41, 5.74) is 2.29. The number of nitrogens with zero attached hydrogens (tertiary/aromatic N) is 1. The van der Waals surface area contributed by atoms with E-state index in [1.165, 1.54) is 5.56 Å². The lowest BCUT2D eigenvalue weighted by atomic mass is 10.1. The number of benzene rings is 1. The van der Waals surface area contributed by atoms with Crippen LogP contribution in [0.3, 0.4) is 0 Å². The Bertz CT molecular complexity index is 498. The zero-order chi connectivity index (χ0) is 12.3. The quantitative estimate of drug-likeness (QED) is 0.792. The van der Waals surface area contributed by atoms with E-state index in [4.69, 9.17) is 4.74 Å². The minimum Gasteiger partial charge on any atom is -0.496 e. The monoisotopic (exact) mass is 311 g/mol. The Morgan fingerprint density at radius 1 is 1.41 bits per heavy atom. The van der Waals surface area contributed by atoms with Crippen LogP contribution in [0.1, 0.15) is 21.1 Å². The van der Waals surface area contributed by atoms with Crippen molar-refractivity contribution >= 4 is 27.3 Å². The zero-order valence-electron chi connectivity index (χ0n) is 9.81. The van der Waals surface area contributed by atoms with Crippen LogP contribution in [0.5, 0.6) is 5.75 Å². The van der Waals surface area contributed by atoms with Crippen molar-refractivity contribution in [1.82, 2.24) is 4.98 Å². The average molecular weight is 312 g/mol. The molecule has 2 rings (SSSR count). The highest BCUT2D eigenvalue weighted by Crippen LogP contribution is 2.31. The number of halogens is 1. The smallest absolute Gasteiger partial charge is 0.122 e. The number of rotatable bonds is 4. The van der Waals surface area contributed by atoms with Crippen LogP contribution in [-0.2, 0) is 6.42 Å². The fraction of sp³-hybridized carbons (Fsp3) is 0.308. The molecule has 1 aromatic heterocycles. The molecule has 0 radical (unpaired) electrons. The van der Waals surface area contributed by atoms with Gasteiger partial charge in [0.25, 0.3) is 0 Å².